The molecule has 3 amide bonds. The van der Waals surface area contributed by atoms with Gasteiger partial charge in [-0.25, -0.2) is 4.79 Å². The molecule has 1 aliphatic heterocycles. The summed E-state index contributed by atoms with van der Waals surface area (Å²) in [7, 11) is 0. The quantitative estimate of drug-likeness (QED) is 0.572. The molecule has 4 rings (SSSR count). The number of likely N-dealkylation sites (tertiary alicyclic amines) is 1. The minimum atomic E-state index is -1.22. The molecular weight excluding hydrogens is 454 g/mol. The van der Waals surface area contributed by atoms with Crippen molar-refractivity contribution in [1.29, 1.82) is 0 Å². The highest BCUT2D eigenvalue weighted by Crippen LogP contribution is 2.25. The Balaban J connectivity index is 1.39. The molecular formula is C26H23ClN3O4-. The first-order valence-electron chi connectivity index (χ1n) is 10.9. The molecule has 1 saturated heterocycles. The van der Waals surface area contributed by atoms with Gasteiger partial charge in [-0.1, -0.05) is 48.0 Å². The van der Waals surface area contributed by atoms with Crippen molar-refractivity contribution >= 4 is 40.9 Å². The number of nitrogens with zero attached hydrogens (tertiary/aromatic N) is 1. The Bertz CT molecular complexity index is 1230. The molecule has 3 aromatic carbocycles. The fraction of sp³-hybridized carbons (Fsp3) is 0.192. The minimum Gasteiger partial charge on any atom is -0.545 e. The molecule has 1 aliphatic rings. The molecule has 2 N–H and O–H groups in total. The van der Waals surface area contributed by atoms with Gasteiger partial charge in [0.1, 0.15) is 6.04 Å². The van der Waals surface area contributed by atoms with Crippen LogP contribution >= 0.6 is 11.6 Å². The van der Waals surface area contributed by atoms with Gasteiger partial charge in [0.25, 0.3) is 0 Å². The second kappa shape index (κ2) is 9.97. The van der Waals surface area contributed by atoms with Crippen molar-refractivity contribution in [2.45, 2.75) is 25.8 Å². The lowest BCUT2D eigenvalue weighted by molar-refractivity contribution is -0.255. The summed E-state index contributed by atoms with van der Waals surface area (Å²) >= 11 is 6.05. The van der Waals surface area contributed by atoms with E-state index in [9.17, 15) is 19.5 Å². The third kappa shape index (κ3) is 5.21. The van der Waals surface area contributed by atoms with Crippen LogP contribution in [0, 0.1) is 6.92 Å². The van der Waals surface area contributed by atoms with Crippen LogP contribution in [0.2, 0.25) is 5.02 Å². The topological polar surface area (TPSA) is 102 Å². The number of aryl methyl sites for hydroxylation is 1. The SMILES string of the molecule is Cc1cc(NC(=O)N2CCC[C@@H]2C(=O)Nc2ccc(-c3ccc(C(=O)[O-])cc3)cc2)ccc1Cl. The van der Waals surface area contributed by atoms with Crippen molar-refractivity contribution in [3.05, 3.63) is 82.9 Å². The normalized spacial score (nSPS) is 15.1. The van der Waals surface area contributed by atoms with Crippen LogP contribution in [-0.4, -0.2) is 35.4 Å². The van der Waals surface area contributed by atoms with Crippen LogP contribution < -0.4 is 15.7 Å². The van der Waals surface area contributed by atoms with Gasteiger partial charge in [0.15, 0.2) is 0 Å². The Hall–Kier alpha value is -3.84. The molecule has 174 valence electrons. The van der Waals surface area contributed by atoms with Gasteiger partial charge in [-0.15, -0.1) is 0 Å². The zero-order chi connectivity index (χ0) is 24.2. The van der Waals surface area contributed by atoms with E-state index in [2.05, 4.69) is 10.6 Å². The van der Waals surface area contributed by atoms with Gasteiger partial charge in [-0.3, -0.25) is 4.79 Å². The van der Waals surface area contributed by atoms with E-state index < -0.39 is 12.0 Å². The highest BCUT2D eigenvalue weighted by atomic mass is 35.5. The van der Waals surface area contributed by atoms with Crippen LogP contribution in [0.15, 0.2) is 66.7 Å². The van der Waals surface area contributed by atoms with Crippen LogP contribution in [0.5, 0.6) is 0 Å². The predicted octanol–water partition coefficient (Wildman–Crippen LogP) is 4.31. The average Bonchev–Trinajstić information content (AvgIpc) is 3.32. The number of hydrogen-bond acceptors (Lipinski definition) is 4. The number of benzene rings is 3. The zero-order valence-corrected chi connectivity index (χ0v) is 19.3. The number of rotatable bonds is 5. The maximum atomic E-state index is 12.9. The smallest absolute Gasteiger partial charge is 0.322 e. The van der Waals surface area contributed by atoms with Crippen molar-refractivity contribution in [2.24, 2.45) is 0 Å². The molecule has 3 aromatic rings. The molecule has 7 nitrogen and oxygen atoms in total. The van der Waals surface area contributed by atoms with E-state index >= 15 is 0 Å². The molecule has 0 unspecified atom stereocenters. The number of urea groups is 1. The summed E-state index contributed by atoms with van der Waals surface area (Å²) in [5.74, 6) is -1.46. The lowest BCUT2D eigenvalue weighted by atomic mass is 10.0. The second-order valence-corrected chi connectivity index (χ2v) is 8.58. The van der Waals surface area contributed by atoms with Crippen LogP contribution in [0.25, 0.3) is 11.1 Å². The van der Waals surface area contributed by atoms with Gasteiger partial charge in [0.2, 0.25) is 5.91 Å². The first-order chi connectivity index (χ1) is 16.3. The number of amides is 3. The molecule has 8 heteroatoms. The van der Waals surface area contributed by atoms with Crippen molar-refractivity contribution < 1.29 is 19.5 Å². The van der Waals surface area contributed by atoms with Gasteiger partial charge in [-0.2, -0.15) is 0 Å². The molecule has 0 aromatic heterocycles. The summed E-state index contributed by atoms with van der Waals surface area (Å²) in [6, 6.07) is 18.0. The summed E-state index contributed by atoms with van der Waals surface area (Å²) in [6.07, 6.45) is 1.33. The molecule has 0 bridgehead atoms. The number of aromatic carboxylic acids is 1. The Morgan fingerprint density at radius 1 is 0.912 bits per heavy atom. The van der Waals surface area contributed by atoms with Crippen molar-refractivity contribution in [3.8, 4) is 11.1 Å². The largest absolute Gasteiger partial charge is 0.545 e. The number of anilines is 2. The number of halogens is 1. The van der Waals surface area contributed by atoms with Crippen LogP contribution in [0.3, 0.4) is 0 Å². The fourth-order valence-electron chi connectivity index (χ4n) is 3.97. The number of carbonyl (C=O) groups excluding carboxylic acids is 3. The Morgan fingerprint density at radius 2 is 1.53 bits per heavy atom. The molecule has 1 heterocycles. The maximum absolute atomic E-state index is 12.9. The number of carbonyl (C=O) groups is 3. The van der Waals surface area contributed by atoms with Crippen LogP contribution in [-0.2, 0) is 4.79 Å². The predicted molar refractivity (Wildman–Crippen MR) is 130 cm³/mol. The van der Waals surface area contributed by atoms with E-state index in [0.717, 1.165) is 23.1 Å². The third-order valence-corrected chi connectivity index (χ3v) is 6.26. The Morgan fingerprint density at radius 3 is 2.15 bits per heavy atom. The molecule has 0 saturated carbocycles. The van der Waals surface area contributed by atoms with Crippen LogP contribution in [0.1, 0.15) is 28.8 Å². The van der Waals surface area contributed by atoms with E-state index in [1.54, 1.807) is 47.4 Å². The van der Waals surface area contributed by atoms with Crippen molar-refractivity contribution in [3.63, 3.8) is 0 Å². The molecule has 0 radical (unpaired) electrons. The van der Waals surface area contributed by atoms with E-state index in [1.807, 2.05) is 19.1 Å². The van der Waals surface area contributed by atoms with E-state index in [-0.39, 0.29) is 17.5 Å². The Labute approximate surface area is 202 Å². The van der Waals surface area contributed by atoms with E-state index in [1.165, 1.54) is 12.1 Å². The summed E-state index contributed by atoms with van der Waals surface area (Å²) < 4.78 is 0. The first-order valence-corrected chi connectivity index (χ1v) is 11.3. The molecule has 1 atom stereocenters. The lowest BCUT2D eigenvalue weighted by Crippen LogP contribution is -2.45. The fourth-order valence-corrected chi connectivity index (χ4v) is 4.09. The van der Waals surface area contributed by atoms with Gasteiger partial charge in [0.05, 0.1) is 5.97 Å². The third-order valence-electron chi connectivity index (χ3n) is 5.83. The molecule has 0 spiro atoms. The van der Waals surface area contributed by atoms with Gasteiger partial charge < -0.3 is 25.4 Å². The zero-order valence-electron chi connectivity index (χ0n) is 18.5. The number of hydrogen-bond donors (Lipinski definition) is 2. The summed E-state index contributed by atoms with van der Waals surface area (Å²) in [4.78, 5) is 38.2. The highest BCUT2D eigenvalue weighted by molar-refractivity contribution is 6.31. The molecule has 34 heavy (non-hydrogen) atoms. The number of carboxylic acids is 1. The number of carboxylic acid groups (broad SMARTS) is 1. The highest BCUT2D eigenvalue weighted by Gasteiger charge is 2.34. The van der Waals surface area contributed by atoms with Gasteiger partial charge in [0, 0.05) is 22.9 Å². The average molecular weight is 477 g/mol. The van der Waals surface area contributed by atoms with Crippen molar-refractivity contribution in [2.75, 3.05) is 17.2 Å². The molecule has 0 aliphatic carbocycles. The first kappa shape index (κ1) is 23.3. The van der Waals surface area contributed by atoms with Crippen LogP contribution in [0.4, 0.5) is 16.2 Å². The summed E-state index contributed by atoms with van der Waals surface area (Å²) in [5.41, 5.74) is 3.93. The monoisotopic (exact) mass is 476 g/mol. The van der Waals surface area contributed by atoms with Gasteiger partial charge in [-0.05, 0) is 72.4 Å². The standard InChI is InChI=1S/C26H24ClN3O4/c1-16-15-21(12-13-22(16)27)29-26(34)30-14-2-3-23(30)24(31)28-20-10-8-18(9-11-20)17-4-6-19(7-5-17)25(32)33/h4-13,15,23H,2-3,14H2,1H3,(H,28,31)(H,29,34)(H,32,33)/p-1/t23-/m1/s1. The lowest BCUT2D eigenvalue weighted by Gasteiger charge is -2.24. The number of nitrogens with one attached hydrogen (secondary N) is 2. The maximum Gasteiger partial charge on any atom is 0.322 e. The van der Waals surface area contributed by atoms with Gasteiger partial charge >= 0.3 is 6.03 Å². The summed E-state index contributed by atoms with van der Waals surface area (Å²) in [6.45, 7) is 2.36. The summed E-state index contributed by atoms with van der Waals surface area (Å²) in [5, 5.41) is 17.3. The van der Waals surface area contributed by atoms with E-state index in [4.69, 9.17) is 11.6 Å². The van der Waals surface area contributed by atoms with Crippen molar-refractivity contribution in [1.82, 2.24) is 4.90 Å². The van der Waals surface area contributed by atoms with E-state index in [0.29, 0.717) is 29.4 Å². The Kier molecular flexibility index (Phi) is 6.84. The molecule has 1 fully saturated rings. The second-order valence-electron chi connectivity index (χ2n) is 8.18. The minimum absolute atomic E-state index is 0.115.